The van der Waals surface area contributed by atoms with Crippen LogP contribution >= 0.6 is 0 Å². The first-order chi connectivity index (χ1) is 16.4. The highest BCUT2D eigenvalue weighted by Crippen LogP contribution is 2.29. The first-order valence-electron chi connectivity index (χ1n) is 11.5. The SMILES string of the molecule is CCc1ccccc1N1C[C@H](C(=O)Nc2cccc(C(=O)Nc3ccc(C)cc3C)c2)CC1=O. The number of carbonyl (C=O) groups is 3. The zero-order chi connectivity index (χ0) is 24.2. The molecule has 0 radical (unpaired) electrons. The summed E-state index contributed by atoms with van der Waals surface area (Å²) in [6.45, 7) is 6.34. The van der Waals surface area contributed by atoms with Crippen LogP contribution in [0.3, 0.4) is 0 Å². The third kappa shape index (κ3) is 5.01. The molecule has 2 N–H and O–H groups in total. The van der Waals surface area contributed by atoms with Gasteiger partial charge in [0.25, 0.3) is 5.91 Å². The maximum absolute atomic E-state index is 12.9. The van der Waals surface area contributed by atoms with Crippen molar-refractivity contribution < 1.29 is 14.4 Å². The van der Waals surface area contributed by atoms with Crippen molar-refractivity contribution in [3.8, 4) is 0 Å². The molecular formula is C28H29N3O3. The number of nitrogens with zero attached hydrogens (tertiary/aromatic N) is 1. The highest BCUT2D eigenvalue weighted by Gasteiger charge is 2.35. The third-order valence-corrected chi connectivity index (χ3v) is 6.18. The van der Waals surface area contributed by atoms with Crippen molar-refractivity contribution in [1.82, 2.24) is 0 Å². The minimum Gasteiger partial charge on any atom is -0.326 e. The lowest BCUT2D eigenvalue weighted by Gasteiger charge is -2.20. The second-order valence-corrected chi connectivity index (χ2v) is 8.73. The summed E-state index contributed by atoms with van der Waals surface area (Å²) >= 11 is 0. The van der Waals surface area contributed by atoms with Crippen molar-refractivity contribution in [1.29, 1.82) is 0 Å². The zero-order valence-corrected chi connectivity index (χ0v) is 19.7. The van der Waals surface area contributed by atoms with Crippen molar-refractivity contribution in [2.45, 2.75) is 33.6 Å². The molecule has 3 amide bonds. The number of amides is 3. The highest BCUT2D eigenvalue weighted by atomic mass is 16.2. The van der Waals surface area contributed by atoms with Crippen LogP contribution in [0.15, 0.2) is 66.7 Å². The number of aryl methyl sites for hydroxylation is 3. The van der Waals surface area contributed by atoms with E-state index in [0.717, 1.165) is 34.5 Å². The van der Waals surface area contributed by atoms with Crippen molar-refractivity contribution in [3.05, 3.63) is 89.0 Å². The van der Waals surface area contributed by atoms with Crippen molar-refractivity contribution in [2.24, 2.45) is 5.92 Å². The monoisotopic (exact) mass is 455 g/mol. The first-order valence-corrected chi connectivity index (χ1v) is 11.5. The minimum atomic E-state index is -0.454. The molecule has 6 heteroatoms. The Bertz CT molecular complexity index is 1250. The number of nitrogens with one attached hydrogen (secondary N) is 2. The molecule has 0 saturated carbocycles. The quantitative estimate of drug-likeness (QED) is 0.542. The number of benzene rings is 3. The fraction of sp³-hybridized carbons (Fsp3) is 0.250. The van der Waals surface area contributed by atoms with Crippen LogP contribution in [-0.4, -0.2) is 24.3 Å². The lowest BCUT2D eigenvalue weighted by molar-refractivity contribution is -0.122. The largest absolute Gasteiger partial charge is 0.326 e. The Balaban J connectivity index is 1.43. The van der Waals surface area contributed by atoms with Crippen LogP contribution in [0.4, 0.5) is 17.1 Å². The number of para-hydroxylation sites is 1. The molecule has 0 aliphatic carbocycles. The Morgan fingerprint density at radius 1 is 0.971 bits per heavy atom. The number of hydrogen-bond acceptors (Lipinski definition) is 3. The summed E-state index contributed by atoms with van der Waals surface area (Å²) in [7, 11) is 0. The second kappa shape index (κ2) is 9.91. The van der Waals surface area contributed by atoms with E-state index < -0.39 is 5.92 Å². The van der Waals surface area contributed by atoms with Gasteiger partial charge in [0.2, 0.25) is 11.8 Å². The summed E-state index contributed by atoms with van der Waals surface area (Å²) in [5.74, 6) is -0.981. The summed E-state index contributed by atoms with van der Waals surface area (Å²) < 4.78 is 0. The number of anilines is 3. The van der Waals surface area contributed by atoms with Crippen LogP contribution in [0.2, 0.25) is 0 Å². The molecule has 0 spiro atoms. The molecule has 1 fully saturated rings. The second-order valence-electron chi connectivity index (χ2n) is 8.73. The predicted octanol–water partition coefficient (Wildman–Crippen LogP) is 5.11. The Hall–Kier alpha value is -3.93. The lowest BCUT2D eigenvalue weighted by atomic mass is 10.1. The topological polar surface area (TPSA) is 78.5 Å². The van der Waals surface area contributed by atoms with Crippen LogP contribution in [0, 0.1) is 19.8 Å². The van der Waals surface area contributed by atoms with Gasteiger partial charge in [-0.1, -0.05) is 48.9 Å². The summed E-state index contributed by atoms with van der Waals surface area (Å²) in [6.07, 6.45) is 0.977. The maximum Gasteiger partial charge on any atom is 0.255 e. The summed E-state index contributed by atoms with van der Waals surface area (Å²) in [5, 5.41) is 5.81. The zero-order valence-electron chi connectivity index (χ0n) is 19.7. The fourth-order valence-corrected chi connectivity index (χ4v) is 4.32. The van der Waals surface area contributed by atoms with Crippen LogP contribution in [0.25, 0.3) is 0 Å². The smallest absolute Gasteiger partial charge is 0.255 e. The Morgan fingerprint density at radius 3 is 2.53 bits per heavy atom. The molecule has 3 aromatic carbocycles. The molecule has 1 aliphatic heterocycles. The molecule has 0 bridgehead atoms. The molecular weight excluding hydrogens is 426 g/mol. The van der Waals surface area contributed by atoms with Gasteiger partial charge in [-0.05, 0) is 61.7 Å². The van der Waals surface area contributed by atoms with E-state index in [1.54, 1.807) is 29.2 Å². The molecule has 1 saturated heterocycles. The van der Waals surface area contributed by atoms with Gasteiger partial charge in [-0.15, -0.1) is 0 Å². The molecule has 1 aliphatic rings. The molecule has 3 aromatic rings. The van der Waals surface area contributed by atoms with Crippen LogP contribution in [-0.2, 0) is 16.0 Å². The highest BCUT2D eigenvalue weighted by molar-refractivity contribution is 6.07. The van der Waals surface area contributed by atoms with Crippen LogP contribution in [0.5, 0.6) is 0 Å². The van der Waals surface area contributed by atoms with Gasteiger partial charge in [-0.25, -0.2) is 0 Å². The molecule has 6 nitrogen and oxygen atoms in total. The molecule has 4 rings (SSSR count). The minimum absolute atomic E-state index is 0.0531. The van der Waals surface area contributed by atoms with Gasteiger partial charge >= 0.3 is 0 Å². The Kier molecular flexibility index (Phi) is 6.77. The van der Waals surface area contributed by atoms with Gasteiger partial charge in [-0.3, -0.25) is 14.4 Å². The summed E-state index contributed by atoms with van der Waals surface area (Å²) in [4.78, 5) is 40.1. The van der Waals surface area contributed by atoms with E-state index in [1.807, 2.05) is 63.2 Å². The normalized spacial score (nSPS) is 15.3. The van der Waals surface area contributed by atoms with E-state index in [9.17, 15) is 14.4 Å². The average molecular weight is 456 g/mol. The van der Waals surface area contributed by atoms with E-state index in [2.05, 4.69) is 10.6 Å². The molecule has 0 aromatic heterocycles. The molecule has 0 unspecified atom stereocenters. The first kappa shape index (κ1) is 23.2. The van der Waals surface area contributed by atoms with E-state index >= 15 is 0 Å². The number of rotatable bonds is 6. The van der Waals surface area contributed by atoms with E-state index in [4.69, 9.17) is 0 Å². The van der Waals surface area contributed by atoms with Crippen LogP contribution < -0.4 is 15.5 Å². The fourth-order valence-electron chi connectivity index (χ4n) is 4.32. The van der Waals surface area contributed by atoms with Crippen LogP contribution in [0.1, 0.15) is 40.4 Å². The molecule has 1 atom stereocenters. The van der Waals surface area contributed by atoms with Gasteiger partial charge in [0.05, 0.1) is 5.92 Å². The van der Waals surface area contributed by atoms with Gasteiger partial charge in [0.15, 0.2) is 0 Å². The Labute approximate surface area is 200 Å². The Morgan fingerprint density at radius 2 is 1.76 bits per heavy atom. The van der Waals surface area contributed by atoms with E-state index in [-0.39, 0.29) is 24.1 Å². The summed E-state index contributed by atoms with van der Waals surface area (Å²) in [6, 6.07) is 20.5. The van der Waals surface area contributed by atoms with Gasteiger partial charge < -0.3 is 15.5 Å². The van der Waals surface area contributed by atoms with Gasteiger partial charge in [0.1, 0.15) is 0 Å². The molecule has 1 heterocycles. The predicted molar refractivity (Wildman–Crippen MR) is 135 cm³/mol. The maximum atomic E-state index is 12.9. The van der Waals surface area contributed by atoms with Crippen molar-refractivity contribution in [2.75, 3.05) is 22.1 Å². The van der Waals surface area contributed by atoms with E-state index in [0.29, 0.717) is 17.8 Å². The molecule has 174 valence electrons. The van der Waals surface area contributed by atoms with Crippen molar-refractivity contribution in [3.63, 3.8) is 0 Å². The number of carbonyl (C=O) groups excluding carboxylic acids is 3. The van der Waals surface area contributed by atoms with E-state index in [1.165, 1.54) is 0 Å². The lowest BCUT2D eigenvalue weighted by Crippen LogP contribution is -2.28. The standard InChI is InChI=1S/C28H29N3O3/c1-4-20-8-5-6-11-25(20)31-17-22(16-26(31)32)28(34)29-23-10-7-9-21(15-23)27(33)30-24-13-12-18(2)14-19(24)3/h5-15,22H,4,16-17H2,1-3H3,(H,29,34)(H,30,33)/t22-/m1/s1. The van der Waals surface area contributed by atoms with Gasteiger partial charge in [0, 0.05) is 35.6 Å². The third-order valence-electron chi connectivity index (χ3n) is 6.18. The average Bonchev–Trinajstić information content (AvgIpc) is 3.22. The van der Waals surface area contributed by atoms with Crippen molar-refractivity contribution >= 4 is 34.8 Å². The molecule has 34 heavy (non-hydrogen) atoms. The summed E-state index contributed by atoms with van der Waals surface area (Å²) in [5.41, 5.74) is 5.79. The van der Waals surface area contributed by atoms with Gasteiger partial charge in [-0.2, -0.15) is 0 Å². The number of hydrogen-bond donors (Lipinski definition) is 2.